The molecule has 0 saturated heterocycles. The van der Waals surface area contributed by atoms with Gasteiger partial charge in [-0.2, -0.15) is 0 Å². The zero-order chi connectivity index (χ0) is 43.3. The fourth-order valence-corrected chi connectivity index (χ4v) is 7.89. The standard InChI is InChI=1S/C26H26N2O4.C24H24N2O4/c1-3-30-25(26(29)31-4-2)15-18-5-7-19(8-6-18)32-14-11-22-20-9-12-27-16-23(20)24-17-28-13-10-21(22)24;1-29-23(24(27)28)13-16-4-6-17(7-5-16)30-12-2-3-18-19-8-10-25-14-21(19)22-15-26-11-9-20(18)22/h5-13,16-17,25H,3-4,14-15H2,1-2H3;4-11,14-15,18,23H,2-3,12-13H2,1H3,(H,27,28). The van der Waals surface area contributed by atoms with Gasteiger partial charge in [-0.1, -0.05) is 24.3 Å². The number of fused-ring (bicyclic) bond motifs is 6. The molecule has 0 fully saturated rings. The van der Waals surface area contributed by atoms with Crippen molar-refractivity contribution in [3.05, 3.63) is 162 Å². The molecule has 1 N–H and O–H groups in total. The zero-order valence-electron chi connectivity index (χ0n) is 35.1. The van der Waals surface area contributed by atoms with Crippen LogP contribution in [0.2, 0.25) is 0 Å². The van der Waals surface area contributed by atoms with Crippen LogP contribution in [0.5, 0.6) is 11.5 Å². The number of ether oxygens (including phenoxy) is 5. The lowest BCUT2D eigenvalue weighted by Crippen LogP contribution is -2.28. The number of carboxylic acids is 1. The lowest BCUT2D eigenvalue weighted by Gasteiger charge is -2.15. The van der Waals surface area contributed by atoms with E-state index < -0.39 is 18.2 Å². The second-order valence-electron chi connectivity index (χ2n) is 14.7. The monoisotopic (exact) mass is 834 g/mol. The van der Waals surface area contributed by atoms with E-state index in [1.807, 2.05) is 105 Å². The molecule has 2 atom stereocenters. The highest BCUT2D eigenvalue weighted by Crippen LogP contribution is 2.46. The number of benzene rings is 2. The smallest absolute Gasteiger partial charge is 0.335 e. The van der Waals surface area contributed by atoms with Gasteiger partial charge in [0.15, 0.2) is 12.2 Å². The molecule has 6 aromatic rings. The summed E-state index contributed by atoms with van der Waals surface area (Å²) in [6.45, 7) is 5.50. The molecule has 0 aliphatic heterocycles. The number of esters is 1. The van der Waals surface area contributed by atoms with Crippen LogP contribution in [-0.4, -0.2) is 82.7 Å². The summed E-state index contributed by atoms with van der Waals surface area (Å²) >= 11 is 0. The highest BCUT2D eigenvalue weighted by molar-refractivity contribution is 6.00. The van der Waals surface area contributed by atoms with Crippen molar-refractivity contribution in [2.24, 2.45) is 0 Å². The van der Waals surface area contributed by atoms with Crippen molar-refractivity contribution in [1.82, 2.24) is 19.9 Å². The van der Waals surface area contributed by atoms with Crippen LogP contribution in [0.1, 0.15) is 66.0 Å². The van der Waals surface area contributed by atoms with Crippen LogP contribution in [0.4, 0.5) is 0 Å². The van der Waals surface area contributed by atoms with Crippen molar-refractivity contribution in [1.29, 1.82) is 0 Å². The number of aromatic nitrogens is 4. The minimum Gasteiger partial charge on any atom is -0.494 e. The molecular formula is C50H50N4O8. The second kappa shape index (κ2) is 21.2. The molecule has 8 rings (SSSR count). The summed E-state index contributed by atoms with van der Waals surface area (Å²) in [4.78, 5) is 40.2. The van der Waals surface area contributed by atoms with Gasteiger partial charge in [0.05, 0.1) is 13.2 Å². The third kappa shape index (κ3) is 10.4. The van der Waals surface area contributed by atoms with Crippen molar-refractivity contribution in [3.8, 4) is 33.8 Å². The van der Waals surface area contributed by atoms with Gasteiger partial charge in [-0.25, -0.2) is 9.59 Å². The van der Waals surface area contributed by atoms with Gasteiger partial charge in [-0.05, 0) is 120 Å². The van der Waals surface area contributed by atoms with Gasteiger partial charge < -0.3 is 28.8 Å². The fraction of sp³-hybridized carbons (Fsp3) is 0.280. The Kier molecular flexibility index (Phi) is 14.8. The van der Waals surface area contributed by atoms with Crippen molar-refractivity contribution < 1.29 is 38.4 Å². The van der Waals surface area contributed by atoms with Crippen LogP contribution in [0, 0.1) is 0 Å². The van der Waals surface area contributed by atoms with E-state index in [1.165, 1.54) is 29.4 Å². The first-order valence-corrected chi connectivity index (χ1v) is 20.8. The van der Waals surface area contributed by atoms with E-state index in [1.54, 1.807) is 19.3 Å². The van der Waals surface area contributed by atoms with E-state index in [4.69, 9.17) is 28.8 Å². The zero-order valence-corrected chi connectivity index (χ0v) is 35.1. The lowest BCUT2D eigenvalue weighted by atomic mass is 9.93. The Balaban J connectivity index is 0.000000187. The molecule has 2 unspecified atom stereocenters. The maximum atomic E-state index is 12.1. The maximum Gasteiger partial charge on any atom is 0.335 e. The first-order valence-electron chi connectivity index (χ1n) is 20.8. The molecule has 4 heterocycles. The topological polar surface area (TPSA) is 152 Å². The average molecular weight is 835 g/mol. The molecule has 62 heavy (non-hydrogen) atoms. The van der Waals surface area contributed by atoms with Crippen LogP contribution in [-0.2, 0) is 36.6 Å². The van der Waals surface area contributed by atoms with Crippen molar-refractivity contribution >= 4 is 17.5 Å². The first kappa shape index (κ1) is 43.3. The predicted octanol–water partition coefficient (Wildman–Crippen LogP) is 8.57. The van der Waals surface area contributed by atoms with E-state index in [0.717, 1.165) is 63.3 Å². The quantitative estimate of drug-likeness (QED) is 0.0651. The van der Waals surface area contributed by atoms with Crippen LogP contribution in [0.15, 0.2) is 128 Å². The molecule has 12 heteroatoms. The number of carboxylic acid groups (broad SMARTS) is 1. The molecule has 0 saturated carbocycles. The Morgan fingerprint density at radius 3 is 1.68 bits per heavy atom. The highest BCUT2D eigenvalue weighted by atomic mass is 16.6. The van der Waals surface area contributed by atoms with E-state index >= 15 is 0 Å². The van der Waals surface area contributed by atoms with Gasteiger partial charge in [0.1, 0.15) is 18.1 Å². The number of nitrogens with zero attached hydrogens (tertiary/aromatic N) is 4. The van der Waals surface area contributed by atoms with Gasteiger partial charge in [-0.15, -0.1) is 0 Å². The number of rotatable bonds is 18. The highest BCUT2D eigenvalue weighted by Gasteiger charge is 2.28. The first-order chi connectivity index (χ1) is 30.4. The van der Waals surface area contributed by atoms with Crippen LogP contribution < -0.4 is 9.47 Å². The minimum atomic E-state index is -0.959. The number of pyridine rings is 4. The molecule has 2 aliphatic rings. The molecule has 2 aliphatic carbocycles. The van der Waals surface area contributed by atoms with Gasteiger partial charge >= 0.3 is 11.9 Å². The molecule has 2 aromatic carbocycles. The summed E-state index contributed by atoms with van der Waals surface area (Å²) in [5.74, 6) is 0.596. The SMILES string of the molecule is CCOC(=O)C(Cc1ccc(OCC=C2c3ccncc3-c3cnccc32)cc1)OCC.COC(Cc1ccc(OCCCC2c3ccncc3-c3cnccc32)cc1)C(=O)O. The fourth-order valence-electron chi connectivity index (χ4n) is 7.89. The lowest BCUT2D eigenvalue weighted by molar-refractivity contribution is -0.156. The third-order valence-electron chi connectivity index (χ3n) is 10.9. The summed E-state index contributed by atoms with van der Waals surface area (Å²) in [6, 6.07) is 23.5. The maximum absolute atomic E-state index is 12.1. The van der Waals surface area contributed by atoms with Gasteiger partial charge in [-0.3, -0.25) is 19.9 Å². The molecular weight excluding hydrogens is 785 g/mol. The van der Waals surface area contributed by atoms with Gasteiger partial charge in [0.25, 0.3) is 0 Å². The number of methoxy groups -OCH3 is 1. The molecule has 4 aromatic heterocycles. The van der Waals surface area contributed by atoms with Gasteiger partial charge in [0.2, 0.25) is 0 Å². The molecule has 0 spiro atoms. The molecule has 318 valence electrons. The van der Waals surface area contributed by atoms with E-state index in [2.05, 4.69) is 38.1 Å². The number of aliphatic carboxylic acids is 1. The Labute approximate surface area is 361 Å². The van der Waals surface area contributed by atoms with Crippen molar-refractivity contribution in [2.75, 3.05) is 33.5 Å². The summed E-state index contributed by atoms with van der Waals surface area (Å²) < 4.78 is 27.5. The number of carbonyl (C=O) groups is 2. The molecule has 0 amide bonds. The van der Waals surface area contributed by atoms with E-state index in [-0.39, 0.29) is 5.97 Å². The normalized spacial score (nSPS) is 13.0. The van der Waals surface area contributed by atoms with Crippen molar-refractivity contribution in [3.63, 3.8) is 0 Å². The van der Waals surface area contributed by atoms with Crippen LogP contribution >= 0.6 is 0 Å². The minimum absolute atomic E-state index is 0.330. The molecule has 0 radical (unpaired) electrons. The van der Waals surface area contributed by atoms with Gasteiger partial charge in [0, 0.05) is 104 Å². The molecule has 12 nitrogen and oxygen atoms in total. The number of hydrogen-bond donors (Lipinski definition) is 1. The Morgan fingerprint density at radius 2 is 1.16 bits per heavy atom. The Hall–Kier alpha value is -6.76. The summed E-state index contributed by atoms with van der Waals surface area (Å²) in [5.41, 5.74) is 12.5. The summed E-state index contributed by atoms with van der Waals surface area (Å²) in [6.07, 6.45) is 18.3. The van der Waals surface area contributed by atoms with E-state index in [0.29, 0.717) is 45.2 Å². The molecule has 0 bridgehead atoms. The summed E-state index contributed by atoms with van der Waals surface area (Å²) in [7, 11) is 1.41. The third-order valence-corrected chi connectivity index (χ3v) is 10.9. The van der Waals surface area contributed by atoms with Crippen LogP contribution in [0.25, 0.3) is 27.8 Å². The Morgan fingerprint density at radius 1 is 0.645 bits per heavy atom. The number of carbonyl (C=O) groups excluding carboxylic acids is 1. The van der Waals surface area contributed by atoms with E-state index in [9.17, 15) is 9.59 Å². The second-order valence-corrected chi connectivity index (χ2v) is 14.7. The average Bonchev–Trinajstić information content (AvgIpc) is 3.80. The van der Waals surface area contributed by atoms with Crippen molar-refractivity contribution in [2.45, 2.75) is 57.7 Å². The Bertz CT molecular complexity index is 2380. The predicted molar refractivity (Wildman–Crippen MR) is 235 cm³/mol. The summed E-state index contributed by atoms with van der Waals surface area (Å²) in [5, 5.41) is 9.09. The largest absolute Gasteiger partial charge is 0.494 e. The van der Waals surface area contributed by atoms with Crippen LogP contribution in [0.3, 0.4) is 0 Å². The number of hydrogen-bond acceptors (Lipinski definition) is 11.